The molecule has 0 aromatic heterocycles. The van der Waals surface area contributed by atoms with Crippen LogP contribution >= 0.6 is 0 Å². The van der Waals surface area contributed by atoms with Crippen LogP contribution in [0.2, 0.25) is 0 Å². The molecule has 0 saturated carbocycles. The third-order valence-electron chi connectivity index (χ3n) is 6.60. The van der Waals surface area contributed by atoms with Crippen LogP contribution in [0.1, 0.15) is 59.5 Å². The Labute approximate surface area is 178 Å². The molecular formula is C23H28N4O2S. The Morgan fingerprint density at radius 3 is 2.30 bits per heavy atom. The van der Waals surface area contributed by atoms with Crippen molar-refractivity contribution in [1.82, 2.24) is 5.32 Å². The number of urea groups is 1. The van der Waals surface area contributed by atoms with Gasteiger partial charge < -0.3 is 10.6 Å². The van der Waals surface area contributed by atoms with E-state index in [4.69, 9.17) is 5.14 Å². The summed E-state index contributed by atoms with van der Waals surface area (Å²) in [5.74, 6) is 0. The third kappa shape index (κ3) is 3.66. The Bertz CT molecular complexity index is 1080. The fraction of sp³-hybridized carbons (Fsp3) is 0.435. The van der Waals surface area contributed by atoms with E-state index in [-0.39, 0.29) is 0 Å². The first-order chi connectivity index (χ1) is 14.5. The van der Waals surface area contributed by atoms with Gasteiger partial charge in [-0.1, -0.05) is 18.2 Å². The number of carbonyl (C=O) groups excluding carboxylic acids is 1. The van der Waals surface area contributed by atoms with Crippen LogP contribution in [-0.4, -0.2) is 16.8 Å². The summed E-state index contributed by atoms with van der Waals surface area (Å²) in [4.78, 5) is 13.1. The van der Waals surface area contributed by atoms with E-state index in [0.717, 1.165) is 69.2 Å². The molecule has 1 saturated heterocycles. The predicted octanol–water partition coefficient (Wildman–Crippen LogP) is 4.02. The van der Waals surface area contributed by atoms with Crippen LogP contribution in [0, 0.1) is 0 Å². The second-order valence-corrected chi connectivity index (χ2v) is 10.3. The molecule has 2 aliphatic carbocycles. The van der Waals surface area contributed by atoms with Crippen molar-refractivity contribution >= 4 is 21.6 Å². The Balaban J connectivity index is 1.40. The zero-order chi connectivity index (χ0) is 20.7. The summed E-state index contributed by atoms with van der Waals surface area (Å²) in [7, 11) is -3.31. The van der Waals surface area contributed by atoms with E-state index in [2.05, 4.69) is 21.1 Å². The highest BCUT2D eigenvalue weighted by Gasteiger charge is 2.25. The molecule has 1 unspecified atom stereocenters. The summed E-state index contributed by atoms with van der Waals surface area (Å²) in [5.41, 5.74) is 7.13. The molecule has 1 aliphatic heterocycles. The van der Waals surface area contributed by atoms with Gasteiger partial charge >= 0.3 is 6.03 Å². The topological polar surface area (TPSA) is 96.6 Å². The molecule has 2 aromatic carbocycles. The minimum atomic E-state index is -3.31. The summed E-state index contributed by atoms with van der Waals surface area (Å²) >= 11 is 0. The lowest BCUT2D eigenvalue weighted by molar-refractivity contribution is 0.260. The molecule has 0 radical (unpaired) electrons. The van der Waals surface area contributed by atoms with Crippen LogP contribution in [-0.2, 0) is 35.6 Å². The van der Waals surface area contributed by atoms with Crippen molar-refractivity contribution < 1.29 is 9.00 Å². The van der Waals surface area contributed by atoms with Gasteiger partial charge in [0.25, 0.3) is 0 Å². The molecule has 1 heterocycles. The van der Waals surface area contributed by atoms with Crippen LogP contribution in [0.15, 0.2) is 39.6 Å². The second-order valence-electron chi connectivity index (χ2n) is 8.54. The van der Waals surface area contributed by atoms with Crippen molar-refractivity contribution in [2.75, 3.05) is 11.9 Å². The second kappa shape index (κ2) is 7.80. The summed E-state index contributed by atoms with van der Waals surface area (Å²) in [6.45, 7) is 1.02. The van der Waals surface area contributed by atoms with E-state index in [0.29, 0.717) is 10.9 Å². The molecule has 0 bridgehead atoms. The summed E-state index contributed by atoms with van der Waals surface area (Å²) < 4.78 is 16.9. The maximum Gasteiger partial charge on any atom is 0.354 e. The number of nitrogens with zero attached hydrogens (tertiary/aromatic N) is 1. The molecular weight excluding hydrogens is 396 g/mol. The van der Waals surface area contributed by atoms with E-state index in [1.54, 1.807) is 12.1 Å². The molecule has 158 valence electrons. The number of carbonyl (C=O) groups is 1. The lowest BCUT2D eigenvalue weighted by Crippen LogP contribution is -2.19. The average Bonchev–Trinajstić information content (AvgIpc) is 3.48. The van der Waals surface area contributed by atoms with Gasteiger partial charge in [0, 0.05) is 11.7 Å². The van der Waals surface area contributed by atoms with Gasteiger partial charge in [-0.15, -0.1) is 4.36 Å². The largest absolute Gasteiger partial charge is 0.354 e. The first kappa shape index (κ1) is 19.7. The summed E-state index contributed by atoms with van der Waals surface area (Å²) in [5, 5.41) is 12.4. The van der Waals surface area contributed by atoms with Crippen LogP contribution in [0.3, 0.4) is 0 Å². The number of aryl methyl sites for hydroxylation is 2. The Hall–Kier alpha value is -2.22. The van der Waals surface area contributed by atoms with Crippen LogP contribution in [0.25, 0.3) is 0 Å². The number of amides is 2. The van der Waals surface area contributed by atoms with Crippen molar-refractivity contribution in [2.45, 2.75) is 62.3 Å². The molecule has 2 amide bonds. The van der Waals surface area contributed by atoms with Crippen molar-refractivity contribution in [3.63, 3.8) is 0 Å². The number of nitrogens with one attached hydrogen (secondary N) is 2. The minimum absolute atomic E-state index is 0.329. The number of rotatable bonds is 3. The van der Waals surface area contributed by atoms with Crippen LogP contribution in [0.5, 0.6) is 0 Å². The monoisotopic (exact) mass is 424 g/mol. The smallest absolute Gasteiger partial charge is 0.310 e. The molecule has 30 heavy (non-hydrogen) atoms. The molecule has 3 aliphatic rings. The fourth-order valence-corrected chi connectivity index (χ4v) is 6.06. The summed E-state index contributed by atoms with van der Waals surface area (Å²) in [6, 6.07) is 9.32. The zero-order valence-electron chi connectivity index (χ0n) is 17.1. The maximum atomic E-state index is 13.0. The Morgan fingerprint density at radius 2 is 1.70 bits per heavy atom. The SMILES string of the molecule is NS(=O)(=NC(=O)Nc1c2c(cc3c1CCC3)CCC2)c1ccc([C@H]2CCCN2)cc1. The third-order valence-corrected chi connectivity index (χ3v) is 7.99. The predicted molar refractivity (Wildman–Crippen MR) is 119 cm³/mol. The van der Waals surface area contributed by atoms with Gasteiger partial charge in [0.15, 0.2) is 0 Å². The van der Waals surface area contributed by atoms with Crippen molar-refractivity contribution in [1.29, 1.82) is 0 Å². The van der Waals surface area contributed by atoms with E-state index in [1.165, 1.54) is 22.3 Å². The van der Waals surface area contributed by atoms with Gasteiger partial charge in [0.1, 0.15) is 9.92 Å². The normalized spacial score (nSPS) is 21.7. The molecule has 6 nitrogen and oxygen atoms in total. The zero-order valence-corrected chi connectivity index (χ0v) is 17.9. The Kier molecular flexibility index (Phi) is 5.13. The Morgan fingerprint density at radius 1 is 1.03 bits per heavy atom. The van der Waals surface area contributed by atoms with Crippen LogP contribution < -0.4 is 15.8 Å². The number of anilines is 1. The van der Waals surface area contributed by atoms with Gasteiger partial charge in [-0.25, -0.2) is 14.1 Å². The summed E-state index contributed by atoms with van der Waals surface area (Å²) in [6.07, 6.45) is 8.50. The van der Waals surface area contributed by atoms with Gasteiger partial charge in [0.2, 0.25) is 0 Å². The first-order valence-electron chi connectivity index (χ1n) is 10.9. The highest BCUT2D eigenvalue weighted by atomic mass is 32.2. The number of benzene rings is 2. The maximum absolute atomic E-state index is 13.0. The molecule has 7 heteroatoms. The highest BCUT2D eigenvalue weighted by molar-refractivity contribution is 7.91. The van der Waals surface area contributed by atoms with Gasteiger partial charge in [0.05, 0.1) is 4.90 Å². The average molecular weight is 425 g/mol. The van der Waals surface area contributed by atoms with Crippen molar-refractivity contribution in [3.8, 4) is 0 Å². The quantitative estimate of drug-likeness (QED) is 0.694. The first-order valence-corrected chi connectivity index (χ1v) is 12.4. The number of hydrogen-bond donors (Lipinski definition) is 3. The lowest BCUT2D eigenvalue weighted by atomic mass is 9.99. The number of nitrogens with two attached hydrogens (primary N) is 1. The highest BCUT2D eigenvalue weighted by Crippen LogP contribution is 2.38. The standard InChI is InChI=1S/C23H28N4O2S/c24-30(29,18-11-9-15(10-12-18)21-8-3-13-25-21)27-23(28)26-22-19-6-1-4-16(19)14-17-5-2-7-20(17)22/h9-12,14,21,25H,1-8,13H2,(H3,24,26,27,28,29)/t21-,30?/m1/s1. The van der Waals surface area contributed by atoms with Crippen molar-refractivity contribution in [3.05, 3.63) is 58.1 Å². The van der Waals surface area contributed by atoms with Gasteiger partial charge in [-0.2, -0.15) is 0 Å². The van der Waals surface area contributed by atoms with Gasteiger partial charge in [-0.3, -0.25) is 0 Å². The molecule has 2 atom stereocenters. The number of fused-ring (bicyclic) bond motifs is 2. The molecule has 1 fully saturated rings. The van der Waals surface area contributed by atoms with Crippen LogP contribution in [0.4, 0.5) is 10.5 Å². The molecule has 5 rings (SSSR count). The lowest BCUT2D eigenvalue weighted by Gasteiger charge is -2.15. The number of hydrogen-bond acceptors (Lipinski definition) is 3. The molecule has 4 N–H and O–H groups in total. The minimum Gasteiger partial charge on any atom is -0.310 e. The van der Waals surface area contributed by atoms with E-state index >= 15 is 0 Å². The van der Waals surface area contributed by atoms with E-state index < -0.39 is 15.9 Å². The van der Waals surface area contributed by atoms with E-state index in [9.17, 15) is 9.00 Å². The van der Waals surface area contributed by atoms with Gasteiger partial charge in [-0.05, 0) is 97.9 Å². The van der Waals surface area contributed by atoms with Crippen molar-refractivity contribution in [2.24, 2.45) is 9.50 Å². The fourth-order valence-electron chi connectivity index (χ4n) is 5.14. The van der Waals surface area contributed by atoms with E-state index in [1.807, 2.05) is 12.1 Å². The molecule has 0 spiro atoms. The molecule has 2 aromatic rings.